The molecule has 1 aliphatic rings. The standard InChI is InChI=1S/C14H22O4/c1-10(15)7-9-14(8-5-6-11(14)16)12(17)18-13(2,3)4/h5-9H2,1-4H3. The lowest BCUT2D eigenvalue weighted by molar-refractivity contribution is -0.169. The molecule has 0 amide bonds. The van der Waals surface area contributed by atoms with E-state index in [9.17, 15) is 14.4 Å². The van der Waals surface area contributed by atoms with Crippen LogP contribution in [0.15, 0.2) is 0 Å². The second kappa shape index (κ2) is 5.21. The normalized spacial score (nSPS) is 24.1. The van der Waals surface area contributed by atoms with E-state index in [1.54, 1.807) is 20.8 Å². The number of hydrogen-bond acceptors (Lipinski definition) is 4. The Balaban J connectivity index is 2.88. The quantitative estimate of drug-likeness (QED) is 0.571. The summed E-state index contributed by atoms with van der Waals surface area (Å²) in [7, 11) is 0. The Hall–Kier alpha value is -1.19. The molecule has 18 heavy (non-hydrogen) atoms. The Morgan fingerprint density at radius 1 is 1.33 bits per heavy atom. The van der Waals surface area contributed by atoms with E-state index in [0.717, 1.165) is 0 Å². The minimum Gasteiger partial charge on any atom is -0.459 e. The van der Waals surface area contributed by atoms with E-state index in [2.05, 4.69) is 0 Å². The highest BCUT2D eigenvalue weighted by molar-refractivity contribution is 6.05. The Morgan fingerprint density at radius 2 is 1.94 bits per heavy atom. The first-order valence-electron chi connectivity index (χ1n) is 6.43. The summed E-state index contributed by atoms with van der Waals surface area (Å²) in [4.78, 5) is 35.4. The van der Waals surface area contributed by atoms with Crippen LogP contribution in [0, 0.1) is 5.41 Å². The monoisotopic (exact) mass is 254 g/mol. The van der Waals surface area contributed by atoms with E-state index >= 15 is 0 Å². The SMILES string of the molecule is CC(=O)CCC1(C(=O)OC(C)(C)C)CCCC1=O. The number of ether oxygens (including phenoxy) is 1. The van der Waals surface area contributed by atoms with E-state index in [1.165, 1.54) is 6.92 Å². The van der Waals surface area contributed by atoms with Gasteiger partial charge >= 0.3 is 5.97 Å². The van der Waals surface area contributed by atoms with Crippen LogP contribution in [0.4, 0.5) is 0 Å². The fourth-order valence-electron chi connectivity index (χ4n) is 2.28. The number of rotatable bonds is 4. The first-order chi connectivity index (χ1) is 8.17. The van der Waals surface area contributed by atoms with Crippen molar-refractivity contribution in [1.82, 2.24) is 0 Å². The van der Waals surface area contributed by atoms with Crippen LogP contribution in [0.1, 0.15) is 59.8 Å². The molecule has 0 radical (unpaired) electrons. The molecule has 1 atom stereocenters. The van der Waals surface area contributed by atoms with Gasteiger partial charge in [-0.2, -0.15) is 0 Å². The average molecular weight is 254 g/mol. The topological polar surface area (TPSA) is 60.4 Å². The molecule has 0 saturated heterocycles. The number of esters is 1. The smallest absolute Gasteiger partial charge is 0.320 e. The van der Waals surface area contributed by atoms with Crippen LogP contribution in [-0.2, 0) is 19.1 Å². The molecule has 0 bridgehead atoms. The maximum Gasteiger partial charge on any atom is 0.320 e. The van der Waals surface area contributed by atoms with Crippen molar-refractivity contribution >= 4 is 17.5 Å². The number of ketones is 2. The van der Waals surface area contributed by atoms with Crippen LogP contribution >= 0.6 is 0 Å². The highest BCUT2D eigenvalue weighted by Gasteiger charge is 2.50. The summed E-state index contributed by atoms with van der Waals surface area (Å²) in [5, 5.41) is 0. The lowest BCUT2D eigenvalue weighted by atomic mass is 9.80. The van der Waals surface area contributed by atoms with E-state index in [4.69, 9.17) is 4.74 Å². The molecule has 0 spiro atoms. The van der Waals surface area contributed by atoms with E-state index in [-0.39, 0.29) is 24.4 Å². The van der Waals surface area contributed by atoms with Gasteiger partial charge in [0.2, 0.25) is 0 Å². The molecule has 0 aliphatic heterocycles. The van der Waals surface area contributed by atoms with Crippen molar-refractivity contribution in [2.24, 2.45) is 5.41 Å². The highest BCUT2D eigenvalue weighted by Crippen LogP contribution is 2.41. The largest absolute Gasteiger partial charge is 0.459 e. The first kappa shape index (κ1) is 14.9. The first-order valence-corrected chi connectivity index (χ1v) is 6.43. The maximum absolute atomic E-state index is 12.3. The van der Waals surface area contributed by atoms with Crippen molar-refractivity contribution in [2.45, 2.75) is 65.4 Å². The van der Waals surface area contributed by atoms with Crippen LogP contribution in [0.2, 0.25) is 0 Å². The summed E-state index contributed by atoms with van der Waals surface area (Å²) in [6.07, 6.45) is 2.17. The average Bonchev–Trinajstić information content (AvgIpc) is 2.55. The van der Waals surface area contributed by atoms with E-state index in [0.29, 0.717) is 19.3 Å². The Kier molecular flexibility index (Phi) is 4.30. The van der Waals surface area contributed by atoms with Crippen molar-refractivity contribution in [1.29, 1.82) is 0 Å². The van der Waals surface area contributed by atoms with Crippen molar-refractivity contribution in [3.05, 3.63) is 0 Å². The van der Waals surface area contributed by atoms with Gasteiger partial charge < -0.3 is 9.53 Å². The number of Topliss-reactive ketones (excluding diaryl/α,β-unsaturated/α-hetero) is 2. The van der Waals surface area contributed by atoms with Gasteiger partial charge in [-0.15, -0.1) is 0 Å². The lowest BCUT2D eigenvalue weighted by Gasteiger charge is -2.29. The molecule has 4 heteroatoms. The molecule has 0 N–H and O–H groups in total. The van der Waals surface area contributed by atoms with Gasteiger partial charge in [0.15, 0.2) is 0 Å². The molecule has 1 unspecified atom stereocenters. The third-order valence-electron chi connectivity index (χ3n) is 3.23. The minimum atomic E-state index is -1.07. The van der Waals surface area contributed by atoms with Gasteiger partial charge in [-0.25, -0.2) is 0 Å². The molecule has 0 aromatic carbocycles. The van der Waals surface area contributed by atoms with Crippen LogP contribution in [0.5, 0.6) is 0 Å². The van der Waals surface area contributed by atoms with Crippen LogP contribution in [0.3, 0.4) is 0 Å². The third kappa shape index (κ3) is 3.40. The Morgan fingerprint density at radius 3 is 2.33 bits per heavy atom. The Bertz CT molecular complexity index is 364. The molecular weight excluding hydrogens is 232 g/mol. The predicted octanol–water partition coefficient (Wildman–Crippen LogP) is 2.44. The van der Waals surface area contributed by atoms with Crippen LogP contribution in [-0.4, -0.2) is 23.1 Å². The van der Waals surface area contributed by atoms with Gasteiger partial charge in [0.1, 0.15) is 22.6 Å². The van der Waals surface area contributed by atoms with Crippen molar-refractivity contribution in [3.8, 4) is 0 Å². The van der Waals surface area contributed by atoms with Gasteiger partial charge in [0.05, 0.1) is 0 Å². The summed E-state index contributed by atoms with van der Waals surface area (Å²) in [5.41, 5.74) is -1.68. The summed E-state index contributed by atoms with van der Waals surface area (Å²) < 4.78 is 5.36. The molecule has 1 rings (SSSR count). The van der Waals surface area contributed by atoms with Gasteiger partial charge in [-0.05, 0) is 47.0 Å². The zero-order valence-corrected chi connectivity index (χ0v) is 11.7. The fourth-order valence-corrected chi connectivity index (χ4v) is 2.28. The minimum absolute atomic E-state index is 0.00219. The maximum atomic E-state index is 12.3. The molecule has 102 valence electrons. The number of carbonyl (C=O) groups excluding carboxylic acids is 3. The third-order valence-corrected chi connectivity index (χ3v) is 3.23. The van der Waals surface area contributed by atoms with Crippen molar-refractivity contribution in [2.75, 3.05) is 0 Å². The number of carbonyl (C=O) groups is 3. The van der Waals surface area contributed by atoms with Crippen molar-refractivity contribution in [3.63, 3.8) is 0 Å². The molecule has 0 aromatic heterocycles. The van der Waals surface area contributed by atoms with Gasteiger partial charge in [0, 0.05) is 12.8 Å². The summed E-state index contributed by atoms with van der Waals surface area (Å²) >= 11 is 0. The number of hydrogen-bond donors (Lipinski definition) is 0. The molecule has 1 aliphatic carbocycles. The van der Waals surface area contributed by atoms with Crippen molar-refractivity contribution < 1.29 is 19.1 Å². The molecule has 1 fully saturated rings. The Labute approximate surface area is 108 Å². The molecule has 0 heterocycles. The second-order valence-corrected chi connectivity index (χ2v) is 6.06. The molecule has 1 saturated carbocycles. The fraction of sp³-hybridized carbons (Fsp3) is 0.786. The zero-order chi connectivity index (χ0) is 14.0. The highest BCUT2D eigenvalue weighted by atomic mass is 16.6. The summed E-state index contributed by atoms with van der Waals surface area (Å²) in [6.45, 7) is 6.82. The summed E-state index contributed by atoms with van der Waals surface area (Å²) in [5.74, 6) is -0.533. The molecular formula is C14H22O4. The van der Waals surface area contributed by atoms with Crippen LogP contribution in [0.25, 0.3) is 0 Å². The van der Waals surface area contributed by atoms with E-state index < -0.39 is 17.0 Å². The van der Waals surface area contributed by atoms with E-state index in [1.807, 2.05) is 0 Å². The molecule has 0 aromatic rings. The van der Waals surface area contributed by atoms with Gasteiger partial charge in [0.25, 0.3) is 0 Å². The van der Waals surface area contributed by atoms with Gasteiger partial charge in [-0.3, -0.25) is 9.59 Å². The second-order valence-electron chi connectivity index (χ2n) is 6.06. The van der Waals surface area contributed by atoms with Gasteiger partial charge in [-0.1, -0.05) is 0 Å². The summed E-state index contributed by atoms with van der Waals surface area (Å²) in [6, 6.07) is 0. The zero-order valence-electron chi connectivity index (χ0n) is 11.7. The lowest BCUT2D eigenvalue weighted by Crippen LogP contribution is -2.41. The van der Waals surface area contributed by atoms with Crippen LogP contribution < -0.4 is 0 Å². The molecule has 4 nitrogen and oxygen atoms in total. The predicted molar refractivity (Wildman–Crippen MR) is 67.1 cm³/mol.